The number of carbonyl (C=O) groups is 2. The van der Waals surface area contributed by atoms with E-state index in [9.17, 15) is 14.7 Å². The van der Waals surface area contributed by atoms with E-state index in [0.717, 1.165) is 27.2 Å². The highest BCUT2D eigenvalue weighted by molar-refractivity contribution is 6.22. The number of rotatable bonds is 8. The van der Waals surface area contributed by atoms with E-state index >= 15 is 0 Å². The van der Waals surface area contributed by atoms with Crippen LogP contribution in [-0.2, 0) is 9.53 Å². The van der Waals surface area contributed by atoms with Crippen molar-refractivity contribution in [3.05, 3.63) is 65.9 Å². The molecule has 198 valence electrons. The summed E-state index contributed by atoms with van der Waals surface area (Å²) < 4.78 is 10.5. The number of esters is 1. The molecule has 0 aliphatic carbocycles. The Morgan fingerprint density at radius 1 is 1.18 bits per heavy atom. The third-order valence-electron chi connectivity index (χ3n) is 7.07. The van der Waals surface area contributed by atoms with Crippen LogP contribution in [-0.4, -0.2) is 72.6 Å². The van der Waals surface area contributed by atoms with Crippen molar-refractivity contribution in [3.8, 4) is 11.5 Å². The summed E-state index contributed by atoms with van der Waals surface area (Å²) >= 11 is 6.59. The molecule has 0 radical (unpaired) electrons. The number of H-pyrrole nitrogens is 1. The Kier molecular flexibility index (Phi) is 7.19. The maximum Gasteiger partial charge on any atom is 0.319 e. The van der Waals surface area contributed by atoms with Crippen LogP contribution in [0.5, 0.6) is 11.5 Å². The van der Waals surface area contributed by atoms with E-state index in [1.807, 2.05) is 67.4 Å². The fraction of sp³-hybridized carbons (Fsp3) is 0.310. The number of fused-ring (bicyclic) bond motifs is 4. The summed E-state index contributed by atoms with van der Waals surface area (Å²) in [7, 11) is 3.19. The van der Waals surface area contributed by atoms with Gasteiger partial charge in [0.1, 0.15) is 23.8 Å². The number of nitrogens with one attached hydrogen (secondary N) is 1. The van der Waals surface area contributed by atoms with Gasteiger partial charge in [0.2, 0.25) is 0 Å². The van der Waals surface area contributed by atoms with Crippen LogP contribution >= 0.6 is 11.6 Å². The van der Waals surface area contributed by atoms with Crippen molar-refractivity contribution in [2.45, 2.75) is 18.2 Å². The SMILES string of the molecule is COC(=O)CN(C)CCOc1ccc2[nH]c(C(=O)N3C[C@@H]([C@@H](C)Cl)c4c3cc(O)c3ccccc43)cc2c1. The van der Waals surface area contributed by atoms with Gasteiger partial charge in [-0.2, -0.15) is 0 Å². The Morgan fingerprint density at radius 3 is 2.68 bits per heavy atom. The van der Waals surface area contributed by atoms with Gasteiger partial charge in [0, 0.05) is 46.7 Å². The molecule has 0 bridgehead atoms. The monoisotopic (exact) mass is 535 g/mol. The summed E-state index contributed by atoms with van der Waals surface area (Å²) in [5.74, 6) is 0.248. The maximum atomic E-state index is 13.7. The minimum atomic E-state index is -0.297. The summed E-state index contributed by atoms with van der Waals surface area (Å²) in [4.78, 5) is 31.9. The lowest BCUT2D eigenvalue weighted by Gasteiger charge is -2.18. The van der Waals surface area contributed by atoms with E-state index in [2.05, 4.69) is 9.72 Å². The number of anilines is 1. The molecule has 1 aromatic heterocycles. The van der Waals surface area contributed by atoms with Crippen LogP contribution in [0, 0.1) is 0 Å². The highest BCUT2D eigenvalue weighted by Crippen LogP contribution is 2.47. The number of likely N-dealkylation sites (N-methyl/N-ethyl adjacent to an activating group) is 1. The fourth-order valence-electron chi connectivity index (χ4n) is 5.08. The largest absolute Gasteiger partial charge is 0.507 e. The fourth-order valence-corrected chi connectivity index (χ4v) is 5.28. The van der Waals surface area contributed by atoms with Crippen molar-refractivity contribution in [1.82, 2.24) is 9.88 Å². The molecule has 2 atom stereocenters. The summed E-state index contributed by atoms with van der Waals surface area (Å²) in [5.41, 5.74) is 2.92. The van der Waals surface area contributed by atoms with Crippen LogP contribution in [0.15, 0.2) is 54.6 Å². The molecule has 1 aliphatic heterocycles. The van der Waals surface area contributed by atoms with Crippen LogP contribution in [0.3, 0.4) is 0 Å². The Morgan fingerprint density at radius 2 is 1.95 bits per heavy atom. The minimum absolute atomic E-state index is 0.0668. The van der Waals surface area contributed by atoms with Crippen molar-refractivity contribution >= 4 is 50.8 Å². The van der Waals surface area contributed by atoms with Gasteiger partial charge in [0.05, 0.1) is 19.3 Å². The zero-order valence-corrected chi connectivity index (χ0v) is 22.3. The van der Waals surface area contributed by atoms with E-state index in [0.29, 0.717) is 36.8 Å². The molecule has 4 aromatic rings. The van der Waals surface area contributed by atoms with E-state index in [1.165, 1.54) is 7.11 Å². The molecular formula is C29H30ClN3O5. The van der Waals surface area contributed by atoms with Gasteiger partial charge in [0.25, 0.3) is 5.91 Å². The van der Waals surface area contributed by atoms with E-state index in [-0.39, 0.29) is 35.5 Å². The number of amides is 1. The molecule has 2 heterocycles. The van der Waals surface area contributed by atoms with E-state index < -0.39 is 0 Å². The molecule has 38 heavy (non-hydrogen) atoms. The van der Waals surface area contributed by atoms with Gasteiger partial charge in [-0.3, -0.25) is 14.5 Å². The van der Waals surface area contributed by atoms with Crippen molar-refractivity contribution in [3.63, 3.8) is 0 Å². The number of carbonyl (C=O) groups excluding carboxylic acids is 2. The second kappa shape index (κ2) is 10.6. The number of aromatic hydroxyl groups is 1. The average Bonchev–Trinajstić information content (AvgIpc) is 3.50. The summed E-state index contributed by atoms with van der Waals surface area (Å²) in [5, 5.41) is 13.0. The smallest absolute Gasteiger partial charge is 0.319 e. The molecule has 0 spiro atoms. The molecular weight excluding hydrogens is 506 g/mol. The number of nitrogens with zero attached hydrogens (tertiary/aromatic N) is 2. The number of halogens is 1. The first-order valence-corrected chi connectivity index (χ1v) is 12.9. The minimum Gasteiger partial charge on any atom is -0.507 e. The lowest BCUT2D eigenvalue weighted by atomic mass is 9.92. The Bertz CT molecular complexity index is 1520. The number of hydrogen-bond acceptors (Lipinski definition) is 6. The molecule has 8 nitrogen and oxygen atoms in total. The van der Waals surface area contributed by atoms with Crippen molar-refractivity contribution in [2.24, 2.45) is 0 Å². The number of benzene rings is 3. The van der Waals surface area contributed by atoms with Crippen molar-refractivity contribution < 1.29 is 24.2 Å². The first-order chi connectivity index (χ1) is 18.3. The molecule has 1 amide bonds. The highest BCUT2D eigenvalue weighted by Gasteiger charge is 2.37. The van der Waals surface area contributed by atoms with Gasteiger partial charge < -0.3 is 24.5 Å². The molecule has 0 saturated heterocycles. The molecule has 3 aromatic carbocycles. The normalized spacial score (nSPS) is 15.7. The quantitative estimate of drug-likeness (QED) is 0.247. The average molecular weight is 536 g/mol. The number of aromatic amines is 1. The van der Waals surface area contributed by atoms with Gasteiger partial charge >= 0.3 is 5.97 Å². The van der Waals surface area contributed by atoms with Crippen LogP contribution in [0.4, 0.5) is 5.69 Å². The van der Waals surface area contributed by atoms with Crippen molar-refractivity contribution in [2.75, 3.05) is 45.3 Å². The first-order valence-electron chi connectivity index (χ1n) is 12.5. The Hall–Kier alpha value is -3.75. The summed E-state index contributed by atoms with van der Waals surface area (Å²) in [6.45, 7) is 3.51. The molecule has 0 fully saturated rings. The lowest BCUT2D eigenvalue weighted by Crippen LogP contribution is -2.31. The van der Waals surface area contributed by atoms with Gasteiger partial charge in [-0.05, 0) is 49.2 Å². The Balaban J connectivity index is 1.38. The van der Waals surface area contributed by atoms with Gasteiger partial charge in [-0.25, -0.2) is 0 Å². The molecule has 0 saturated carbocycles. The molecule has 1 aliphatic rings. The number of methoxy groups -OCH3 is 1. The number of alkyl halides is 1. The number of hydrogen-bond donors (Lipinski definition) is 2. The zero-order valence-electron chi connectivity index (χ0n) is 21.5. The number of phenols is 1. The number of aromatic nitrogens is 1. The second-order valence-corrected chi connectivity index (χ2v) is 10.4. The van der Waals surface area contributed by atoms with Crippen LogP contribution < -0.4 is 9.64 Å². The number of phenolic OH excluding ortho intramolecular Hbond substituents is 1. The number of ether oxygens (including phenoxy) is 2. The van der Waals surface area contributed by atoms with Crippen LogP contribution in [0.2, 0.25) is 0 Å². The predicted molar refractivity (Wildman–Crippen MR) is 149 cm³/mol. The van der Waals surface area contributed by atoms with Crippen LogP contribution in [0.1, 0.15) is 28.9 Å². The van der Waals surface area contributed by atoms with Crippen molar-refractivity contribution in [1.29, 1.82) is 0 Å². The molecule has 2 N–H and O–H groups in total. The van der Waals surface area contributed by atoms with E-state index in [4.69, 9.17) is 16.3 Å². The van der Waals surface area contributed by atoms with Crippen LogP contribution in [0.25, 0.3) is 21.7 Å². The summed E-state index contributed by atoms with van der Waals surface area (Å²) in [6.07, 6.45) is 0. The molecule has 9 heteroatoms. The maximum absolute atomic E-state index is 13.7. The lowest BCUT2D eigenvalue weighted by molar-refractivity contribution is -0.141. The zero-order chi connectivity index (χ0) is 27.0. The van der Waals surface area contributed by atoms with Gasteiger partial charge in [0.15, 0.2) is 0 Å². The van der Waals surface area contributed by atoms with E-state index in [1.54, 1.807) is 11.0 Å². The van der Waals surface area contributed by atoms with Gasteiger partial charge in [-0.15, -0.1) is 11.6 Å². The topological polar surface area (TPSA) is 95.1 Å². The van der Waals surface area contributed by atoms with Gasteiger partial charge in [-0.1, -0.05) is 24.3 Å². The standard InChI is InChI=1S/C29H30ClN3O5/c1-17(30)22-15-33(25-14-26(34)20-6-4-5-7-21(20)28(22)25)29(36)24-13-18-12-19(8-9-23(18)31-24)38-11-10-32(2)16-27(35)37-3/h4-9,12-14,17,22,31,34H,10-11,15-16H2,1-3H3/t17-,22+/m1/s1. The second-order valence-electron chi connectivity index (χ2n) is 9.67. The summed E-state index contributed by atoms with van der Waals surface area (Å²) in [6, 6.07) is 16.7. The highest BCUT2D eigenvalue weighted by atomic mass is 35.5. The molecule has 0 unspecified atom stereocenters. The Labute approximate surface area is 225 Å². The molecule has 5 rings (SSSR count). The predicted octanol–water partition coefficient (Wildman–Crippen LogP) is 4.88. The third-order valence-corrected chi connectivity index (χ3v) is 7.38. The third kappa shape index (κ3) is 4.89. The first kappa shape index (κ1) is 25.9.